The number of hydrogen-bond donors (Lipinski definition) is 1. The van der Waals surface area contributed by atoms with E-state index in [1.807, 2.05) is 0 Å². The molecule has 0 radical (unpaired) electrons. The van der Waals surface area contributed by atoms with E-state index in [9.17, 15) is 5.11 Å². The zero-order chi connectivity index (χ0) is 9.68. The van der Waals surface area contributed by atoms with E-state index < -0.39 is 0 Å². The molecule has 0 aliphatic rings. The highest BCUT2D eigenvalue weighted by Gasteiger charge is 2.00. The van der Waals surface area contributed by atoms with Crippen LogP contribution in [-0.2, 0) is 6.54 Å². The summed E-state index contributed by atoms with van der Waals surface area (Å²) < 4.78 is 4.89. The van der Waals surface area contributed by atoms with Crippen LogP contribution < -0.4 is 4.74 Å². The summed E-state index contributed by atoms with van der Waals surface area (Å²) in [6.45, 7) is 0.145. The number of hydrogen-bond acceptors (Lipinski definition) is 3. The first kappa shape index (κ1) is 9.22. The van der Waals surface area contributed by atoms with E-state index in [0.29, 0.717) is 11.3 Å². The minimum Gasteiger partial charge on any atom is -0.508 e. The Kier molecular flexibility index (Phi) is 3.00. The third kappa shape index (κ3) is 2.28. The Bertz CT molecular complexity index is 345. The number of nitrogens with zero attached hydrogens (tertiary/aromatic N) is 3. The largest absolute Gasteiger partial charge is 0.508 e. The van der Waals surface area contributed by atoms with Gasteiger partial charge in [-0.25, -0.2) is 0 Å². The molecule has 0 aliphatic carbocycles. The second kappa shape index (κ2) is 4.23. The lowest BCUT2D eigenvalue weighted by atomic mass is 10.2. The third-order valence-electron chi connectivity index (χ3n) is 1.60. The molecule has 0 bridgehead atoms. The molecule has 68 valence electrons. The maximum atomic E-state index is 9.39. The van der Waals surface area contributed by atoms with Crippen LogP contribution in [0.15, 0.2) is 23.3 Å². The number of rotatable bonds is 3. The fourth-order valence-electron chi connectivity index (χ4n) is 0.912. The summed E-state index contributed by atoms with van der Waals surface area (Å²) in [6, 6.07) is 4.83. The van der Waals surface area contributed by atoms with Crippen LogP contribution in [0.5, 0.6) is 11.5 Å². The van der Waals surface area contributed by atoms with Crippen LogP contribution in [0.4, 0.5) is 0 Å². The molecule has 0 unspecified atom stereocenters. The molecule has 1 aromatic rings. The summed E-state index contributed by atoms with van der Waals surface area (Å²) in [5.74, 6) is 0.647. The van der Waals surface area contributed by atoms with E-state index in [0.717, 1.165) is 0 Å². The summed E-state index contributed by atoms with van der Waals surface area (Å²) in [5.41, 5.74) is 8.65. The van der Waals surface area contributed by atoms with Crippen molar-refractivity contribution in [2.45, 2.75) is 6.54 Å². The van der Waals surface area contributed by atoms with Gasteiger partial charge in [0, 0.05) is 11.0 Å². The van der Waals surface area contributed by atoms with Gasteiger partial charge in [0.25, 0.3) is 0 Å². The Morgan fingerprint density at radius 3 is 2.92 bits per heavy atom. The lowest BCUT2D eigenvalue weighted by Crippen LogP contribution is -1.85. The van der Waals surface area contributed by atoms with Gasteiger partial charge in [0.05, 0.1) is 13.7 Å². The normalized spacial score (nSPS) is 9.00. The zero-order valence-corrected chi connectivity index (χ0v) is 7.14. The van der Waals surface area contributed by atoms with Crippen LogP contribution in [0.3, 0.4) is 0 Å². The first-order valence-corrected chi connectivity index (χ1v) is 3.64. The Hall–Kier alpha value is -1.87. The summed E-state index contributed by atoms with van der Waals surface area (Å²) in [5, 5.41) is 12.7. The van der Waals surface area contributed by atoms with Gasteiger partial charge in [-0.2, -0.15) is 0 Å². The molecule has 0 heterocycles. The molecule has 1 rings (SSSR count). The summed E-state index contributed by atoms with van der Waals surface area (Å²) in [7, 11) is 1.52. The van der Waals surface area contributed by atoms with Crippen molar-refractivity contribution in [2.24, 2.45) is 5.11 Å². The number of azide groups is 1. The van der Waals surface area contributed by atoms with Crippen LogP contribution >= 0.6 is 0 Å². The van der Waals surface area contributed by atoms with Crippen LogP contribution in [0.2, 0.25) is 0 Å². The first-order valence-electron chi connectivity index (χ1n) is 3.64. The quantitative estimate of drug-likeness (QED) is 0.438. The molecule has 0 spiro atoms. The number of methoxy groups -OCH3 is 1. The molecule has 5 heteroatoms. The minimum absolute atomic E-state index is 0.0757. The highest BCUT2D eigenvalue weighted by Crippen LogP contribution is 2.23. The van der Waals surface area contributed by atoms with Gasteiger partial charge in [-0.3, -0.25) is 0 Å². The lowest BCUT2D eigenvalue weighted by Gasteiger charge is -2.03. The average molecular weight is 179 g/mol. The van der Waals surface area contributed by atoms with E-state index in [1.54, 1.807) is 12.1 Å². The van der Waals surface area contributed by atoms with E-state index in [-0.39, 0.29) is 12.3 Å². The maximum absolute atomic E-state index is 9.39. The van der Waals surface area contributed by atoms with Gasteiger partial charge >= 0.3 is 0 Å². The molecular formula is C8H9N3O2. The van der Waals surface area contributed by atoms with E-state index in [1.165, 1.54) is 13.2 Å². The number of benzene rings is 1. The topological polar surface area (TPSA) is 78.2 Å². The molecule has 1 N–H and O–H groups in total. The predicted molar refractivity (Wildman–Crippen MR) is 47.5 cm³/mol. The van der Waals surface area contributed by atoms with E-state index in [2.05, 4.69) is 10.0 Å². The molecule has 0 amide bonds. The molecule has 0 saturated heterocycles. The highest BCUT2D eigenvalue weighted by atomic mass is 16.5. The van der Waals surface area contributed by atoms with Crippen molar-refractivity contribution >= 4 is 0 Å². The predicted octanol–water partition coefficient (Wildman–Crippen LogP) is 2.21. The van der Waals surface area contributed by atoms with Crippen LogP contribution in [0.1, 0.15) is 5.56 Å². The molecule has 0 saturated carbocycles. The molecule has 1 aromatic carbocycles. The van der Waals surface area contributed by atoms with Crippen molar-refractivity contribution in [1.82, 2.24) is 0 Å². The molecule has 0 aromatic heterocycles. The summed E-state index contributed by atoms with van der Waals surface area (Å²) >= 11 is 0. The van der Waals surface area contributed by atoms with Crippen molar-refractivity contribution in [2.75, 3.05) is 7.11 Å². The maximum Gasteiger partial charge on any atom is 0.122 e. The smallest absolute Gasteiger partial charge is 0.122 e. The molecule has 0 atom stereocenters. The Morgan fingerprint density at radius 1 is 1.62 bits per heavy atom. The SMILES string of the molecule is COc1ccc(CN=[N+]=[N-])c(O)c1. The average Bonchev–Trinajstić information content (AvgIpc) is 2.16. The number of ether oxygens (including phenoxy) is 1. The molecular weight excluding hydrogens is 170 g/mol. The van der Waals surface area contributed by atoms with Gasteiger partial charge in [0.15, 0.2) is 0 Å². The molecule has 0 aliphatic heterocycles. The fourth-order valence-corrected chi connectivity index (χ4v) is 0.912. The van der Waals surface area contributed by atoms with Gasteiger partial charge < -0.3 is 9.84 Å². The second-order valence-electron chi connectivity index (χ2n) is 2.38. The zero-order valence-electron chi connectivity index (χ0n) is 7.14. The molecule has 0 fully saturated rings. The summed E-state index contributed by atoms with van der Waals surface area (Å²) in [6.07, 6.45) is 0. The van der Waals surface area contributed by atoms with E-state index >= 15 is 0 Å². The van der Waals surface area contributed by atoms with Crippen LogP contribution in [0.25, 0.3) is 10.4 Å². The molecule has 13 heavy (non-hydrogen) atoms. The Labute approximate surface area is 75.2 Å². The monoisotopic (exact) mass is 179 g/mol. The van der Waals surface area contributed by atoms with Gasteiger partial charge in [0.1, 0.15) is 11.5 Å². The van der Waals surface area contributed by atoms with Gasteiger partial charge in [-0.15, -0.1) is 0 Å². The molecule has 5 nitrogen and oxygen atoms in total. The third-order valence-corrected chi connectivity index (χ3v) is 1.60. The highest BCUT2D eigenvalue weighted by molar-refractivity contribution is 5.39. The standard InChI is InChI=1S/C8H9N3O2/c1-13-7-3-2-6(5-10-11-9)8(12)4-7/h2-4,12H,5H2,1H3. The second-order valence-corrected chi connectivity index (χ2v) is 2.38. The van der Waals surface area contributed by atoms with Crippen LogP contribution in [-0.4, -0.2) is 12.2 Å². The van der Waals surface area contributed by atoms with E-state index in [4.69, 9.17) is 10.3 Å². The van der Waals surface area contributed by atoms with Crippen molar-refractivity contribution in [3.63, 3.8) is 0 Å². The first-order chi connectivity index (χ1) is 6.27. The van der Waals surface area contributed by atoms with Crippen molar-refractivity contribution in [3.8, 4) is 11.5 Å². The number of aromatic hydroxyl groups is 1. The van der Waals surface area contributed by atoms with Crippen molar-refractivity contribution in [3.05, 3.63) is 34.2 Å². The van der Waals surface area contributed by atoms with Crippen molar-refractivity contribution < 1.29 is 9.84 Å². The van der Waals surface area contributed by atoms with Gasteiger partial charge in [0.2, 0.25) is 0 Å². The van der Waals surface area contributed by atoms with Gasteiger partial charge in [-0.05, 0) is 17.2 Å². The summed E-state index contributed by atoms with van der Waals surface area (Å²) in [4.78, 5) is 2.60. The Morgan fingerprint density at radius 2 is 2.38 bits per heavy atom. The van der Waals surface area contributed by atoms with Crippen LogP contribution in [0, 0.1) is 0 Å². The lowest BCUT2D eigenvalue weighted by molar-refractivity contribution is 0.406. The fraction of sp³-hybridized carbons (Fsp3) is 0.250. The van der Waals surface area contributed by atoms with Crippen molar-refractivity contribution in [1.29, 1.82) is 0 Å². The number of phenolic OH excluding ortho intramolecular Hbond substituents is 1. The Balaban J connectivity index is 2.91. The van der Waals surface area contributed by atoms with Gasteiger partial charge in [-0.1, -0.05) is 11.2 Å². The number of phenols is 1. The minimum atomic E-state index is 0.0757.